The van der Waals surface area contributed by atoms with E-state index in [4.69, 9.17) is 4.74 Å². The standard InChI is InChI=1S/C37H42F3N5O6S2/c1-22-13-14-27-30(17-22)52-34(42-27)51-26-19-29-31(46)43-36(33(48)44-53(49,50)35(2)15-16-35)20-24(36)9-6-4-3-5-7-12-28(32(47)45(29)21-26)41-25-11-8-10-23(18-25)37(38,39)40/h6,8-11,13-14,17-18,24,26,28-29,41H,3-5,7,12,15-16,19-21H2,1-2H3,(H,43,46)(H,44,48)/t24-,26-,28+,29+,36-/m1/s1. The number of fused-ring (bicyclic) bond motifs is 3. The van der Waals surface area contributed by atoms with E-state index in [-0.39, 0.29) is 31.5 Å². The number of aryl methyl sites for hydroxylation is 1. The predicted octanol–water partition coefficient (Wildman–Crippen LogP) is 5.85. The molecule has 7 rings (SSSR count). The number of carbonyl (C=O) groups excluding carboxylic acids is 3. The Morgan fingerprint density at radius 2 is 1.91 bits per heavy atom. The van der Waals surface area contributed by atoms with Gasteiger partial charge in [0.25, 0.3) is 11.1 Å². The Balaban J connectivity index is 1.19. The van der Waals surface area contributed by atoms with Crippen LogP contribution >= 0.6 is 11.3 Å². The summed E-state index contributed by atoms with van der Waals surface area (Å²) in [4.78, 5) is 48.5. The van der Waals surface area contributed by atoms with Gasteiger partial charge in [0.2, 0.25) is 21.8 Å². The van der Waals surface area contributed by atoms with E-state index in [1.54, 1.807) is 6.92 Å². The summed E-state index contributed by atoms with van der Waals surface area (Å²) in [6, 6.07) is 8.32. The fraction of sp³-hybridized carbons (Fsp3) is 0.514. The zero-order chi connectivity index (χ0) is 37.8. The van der Waals surface area contributed by atoms with E-state index < -0.39 is 73.9 Å². The predicted molar refractivity (Wildman–Crippen MR) is 194 cm³/mol. The van der Waals surface area contributed by atoms with Crippen LogP contribution in [0.5, 0.6) is 5.19 Å². The number of allylic oxidation sites excluding steroid dienone is 1. The fourth-order valence-corrected chi connectivity index (χ4v) is 9.43. The van der Waals surface area contributed by atoms with E-state index in [0.717, 1.165) is 40.8 Å². The van der Waals surface area contributed by atoms with E-state index in [1.807, 2.05) is 37.3 Å². The highest BCUT2D eigenvalue weighted by Gasteiger charge is 2.63. The van der Waals surface area contributed by atoms with Gasteiger partial charge in [-0.15, -0.1) is 0 Å². The van der Waals surface area contributed by atoms with Gasteiger partial charge in [0.15, 0.2) is 0 Å². The van der Waals surface area contributed by atoms with Gasteiger partial charge in [0, 0.05) is 18.0 Å². The molecule has 1 saturated heterocycles. The number of anilines is 1. The van der Waals surface area contributed by atoms with Crippen LogP contribution in [-0.4, -0.2) is 71.0 Å². The second kappa shape index (κ2) is 13.9. The molecular formula is C37H42F3N5O6S2. The van der Waals surface area contributed by atoms with Crippen molar-refractivity contribution >= 4 is 55.0 Å². The van der Waals surface area contributed by atoms with Crippen LogP contribution in [0.2, 0.25) is 0 Å². The number of amides is 3. The summed E-state index contributed by atoms with van der Waals surface area (Å²) in [6.07, 6.45) is 2.52. The SMILES string of the molecule is Cc1ccc2nc(O[C@@H]3C[C@H]4C(=O)N[C@]5(C(=O)NS(=O)(=O)C6(C)CC6)C[C@H]5C=CCCCCC[C@H](Nc5cccc(C(F)(F)F)c5)C(=O)N4C3)sc2c1. The molecule has 11 nitrogen and oxygen atoms in total. The van der Waals surface area contributed by atoms with Crippen molar-refractivity contribution in [1.29, 1.82) is 0 Å². The lowest BCUT2D eigenvalue weighted by Gasteiger charge is -2.30. The van der Waals surface area contributed by atoms with Crippen molar-refractivity contribution in [3.63, 3.8) is 0 Å². The topological polar surface area (TPSA) is 147 Å². The maximum Gasteiger partial charge on any atom is 0.416 e. The van der Waals surface area contributed by atoms with Gasteiger partial charge in [-0.2, -0.15) is 13.2 Å². The van der Waals surface area contributed by atoms with Crippen LogP contribution < -0.4 is 20.1 Å². The molecule has 284 valence electrons. The number of halogens is 3. The molecule has 2 aromatic carbocycles. The van der Waals surface area contributed by atoms with Gasteiger partial charge in [-0.25, -0.2) is 13.4 Å². The first-order valence-corrected chi connectivity index (χ1v) is 20.2. The van der Waals surface area contributed by atoms with Crippen molar-refractivity contribution in [3.05, 3.63) is 65.7 Å². The van der Waals surface area contributed by atoms with Crippen LogP contribution in [0.25, 0.3) is 10.2 Å². The molecule has 5 atom stereocenters. The highest BCUT2D eigenvalue weighted by Crippen LogP contribution is 2.47. The molecular weight excluding hydrogens is 732 g/mol. The molecule has 3 amide bonds. The molecule has 3 heterocycles. The van der Waals surface area contributed by atoms with Crippen LogP contribution in [0, 0.1) is 12.8 Å². The molecule has 2 aliphatic carbocycles. The maximum atomic E-state index is 14.5. The van der Waals surface area contributed by atoms with Crippen molar-refractivity contribution in [1.82, 2.24) is 19.9 Å². The normalized spacial score (nSPS) is 27.5. The van der Waals surface area contributed by atoms with Crippen molar-refractivity contribution in [2.24, 2.45) is 5.92 Å². The zero-order valence-electron chi connectivity index (χ0n) is 29.4. The number of nitrogens with zero attached hydrogens (tertiary/aromatic N) is 2. The first-order valence-electron chi connectivity index (χ1n) is 17.9. The lowest BCUT2D eigenvalue weighted by atomic mass is 10.0. The van der Waals surface area contributed by atoms with E-state index >= 15 is 0 Å². The third-order valence-corrected chi connectivity index (χ3v) is 13.9. The number of alkyl halides is 3. The number of thiazole rings is 1. The Labute approximate surface area is 309 Å². The molecule has 16 heteroatoms. The molecule has 0 bridgehead atoms. The van der Waals surface area contributed by atoms with Gasteiger partial charge in [-0.3, -0.25) is 19.1 Å². The smallest absolute Gasteiger partial charge is 0.416 e. The quantitative estimate of drug-likeness (QED) is 0.254. The zero-order valence-corrected chi connectivity index (χ0v) is 31.0. The summed E-state index contributed by atoms with van der Waals surface area (Å²) < 4.78 is 75.4. The van der Waals surface area contributed by atoms with Crippen molar-refractivity contribution in [3.8, 4) is 5.19 Å². The summed E-state index contributed by atoms with van der Waals surface area (Å²) in [5.74, 6) is -2.44. The summed E-state index contributed by atoms with van der Waals surface area (Å²) in [7, 11) is -4.01. The molecule has 53 heavy (non-hydrogen) atoms. The molecule has 0 radical (unpaired) electrons. The summed E-state index contributed by atoms with van der Waals surface area (Å²) in [5, 5.41) is 6.22. The molecule has 2 saturated carbocycles. The molecule has 4 aliphatic rings. The summed E-state index contributed by atoms with van der Waals surface area (Å²) in [5.41, 5.74) is -0.513. The fourth-order valence-electron chi connectivity index (χ4n) is 7.14. The molecule has 0 spiro atoms. The number of hydrogen-bond donors (Lipinski definition) is 3. The monoisotopic (exact) mass is 773 g/mol. The number of sulfonamides is 1. The molecule has 1 aromatic heterocycles. The van der Waals surface area contributed by atoms with E-state index in [0.29, 0.717) is 30.9 Å². The first kappa shape index (κ1) is 37.1. The third kappa shape index (κ3) is 7.75. The Hall–Kier alpha value is -4.18. The lowest BCUT2D eigenvalue weighted by molar-refractivity contribution is -0.140. The molecule has 3 N–H and O–H groups in total. The minimum Gasteiger partial charge on any atom is -0.465 e. The number of ether oxygens (including phenoxy) is 1. The lowest BCUT2D eigenvalue weighted by Crippen LogP contribution is -2.58. The maximum absolute atomic E-state index is 14.5. The van der Waals surface area contributed by atoms with E-state index in [1.165, 1.54) is 28.4 Å². The Morgan fingerprint density at radius 1 is 1.11 bits per heavy atom. The van der Waals surface area contributed by atoms with Gasteiger partial charge < -0.3 is 20.3 Å². The van der Waals surface area contributed by atoms with Crippen LogP contribution in [0.15, 0.2) is 54.6 Å². The van der Waals surface area contributed by atoms with Crippen molar-refractivity contribution in [2.75, 3.05) is 11.9 Å². The van der Waals surface area contributed by atoms with Crippen LogP contribution in [0.3, 0.4) is 0 Å². The second-order valence-electron chi connectivity index (χ2n) is 14.9. The third-order valence-electron chi connectivity index (χ3n) is 10.8. The second-order valence-corrected chi connectivity index (χ2v) is 18.1. The highest BCUT2D eigenvalue weighted by atomic mass is 32.2. The van der Waals surface area contributed by atoms with E-state index in [9.17, 15) is 36.0 Å². The van der Waals surface area contributed by atoms with Crippen LogP contribution in [0.1, 0.15) is 75.8 Å². The van der Waals surface area contributed by atoms with Gasteiger partial charge >= 0.3 is 6.18 Å². The average Bonchev–Trinajstić information content (AvgIpc) is 3.91. The number of hydrogen-bond acceptors (Lipinski definition) is 9. The van der Waals surface area contributed by atoms with Gasteiger partial charge in [0.1, 0.15) is 23.7 Å². The van der Waals surface area contributed by atoms with Gasteiger partial charge in [-0.1, -0.05) is 48.5 Å². The van der Waals surface area contributed by atoms with Crippen molar-refractivity contribution < 1.29 is 40.7 Å². The number of aromatic nitrogens is 1. The molecule has 0 unspecified atom stereocenters. The Bertz CT molecular complexity index is 2070. The number of benzene rings is 2. The number of rotatable bonds is 7. The van der Waals surface area contributed by atoms with Crippen LogP contribution in [0.4, 0.5) is 18.9 Å². The molecule has 2 aliphatic heterocycles. The average molecular weight is 774 g/mol. The molecule has 3 fully saturated rings. The minimum absolute atomic E-state index is 0.0259. The van der Waals surface area contributed by atoms with Gasteiger partial charge in [-0.05, 0) is 88.3 Å². The first-order chi connectivity index (χ1) is 25.1. The van der Waals surface area contributed by atoms with Crippen molar-refractivity contribution in [2.45, 2.75) is 106 Å². The Kier molecular flexibility index (Phi) is 9.75. The largest absolute Gasteiger partial charge is 0.465 e. The summed E-state index contributed by atoms with van der Waals surface area (Å²) >= 11 is 1.33. The Morgan fingerprint density at radius 3 is 2.66 bits per heavy atom. The summed E-state index contributed by atoms with van der Waals surface area (Å²) in [6.45, 7) is 3.50. The minimum atomic E-state index is -4.59. The van der Waals surface area contributed by atoms with E-state index in [2.05, 4.69) is 20.3 Å². The molecule has 3 aromatic rings. The highest BCUT2D eigenvalue weighted by molar-refractivity contribution is 7.91. The van der Waals surface area contributed by atoms with Crippen LogP contribution in [-0.2, 0) is 30.6 Å². The number of nitrogens with one attached hydrogen (secondary N) is 3. The van der Waals surface area contributed by atoms with Gasteiger partial charge in [0.05, 0.1) is 27.1 Å². The number of carbonyl (C=O) groups is 3.